The van der Waals surface area contributed by atoms with Gasteiger partial charge in [0, 0.05) is 26.2 Å². The Morgan fingerprint density at radius 3 is 2.70 bits per heavy atom. The zero-order valence-electron chi connectivity index (χ0n) is 12.6. The molecule has 0 saturated carbocycles. The minimum Gasteiger partial charge on any atom is -0.354 e. The summed E-state index contributed by atoms with van der Waals surface area (Å²) in [6, 6.07) is 0. The van der Waals surface area contributed by atoms with E-state index in [0.717, 1.165) is 39.0 Å². The van der Waals surface area contributed by atoms with Crippen LogP contribution in [0.15, 0.2) is 6.20 Å². The Morgan fingerprint density at radius 1 is 1.40 bits per heavy atom. The molecule has 0 unspecified atom stereocenters. The minimum absolute atomic E-state index is 0.335. The van der Waals surface area contributed by atoms with Crippen LogP contribution in [0.1, 0.15) is 19.8 Å². The van der Waals surface area contributed by atoms with Crippen molar-refractivity contribution in [3.05, 3.63) is 12.0 Å². The van der Waals surface area contributed by atoms with Crippen molar-refractivity contribution in [1.29, 1.82) is 0 Å². The van der Waals surface area contributed by atoms with Crippen LogP contribution in [0.4, 0.5) is 16.2 Å². The first-order chi connectivity index (χ1) is 9.60. The Morgan fingerprint density at radius 2 is 2.10 bits per heavy atom. The summed E-state index contributed by atoms with van der Waals surface area (Å²) in [6.45, 7) is 5.52. The average molecular weight is 281 g/mol. The highest BCUT2D eigenvalue weighted by Crippen LogP contribution is 2.24. The average Bonchev–Trinajstić information content (AvgIpc) is 2.42. The maximum atomic E-state index is 13.9. The van der Waals surface area contributed by atoms with Crippen molar-refractivity contribution in [3.63, 3.8) is 0 Å². The summed E-state index contributed by atoms with van der Waals surface area (Å²) in [5.41, 5.74) is 0. The molecule has 0 atom stereocenters. The second-order valence-electron chi connectivity index (χ2n) is 5.59. The number of nitrogens with one attached hydrogen (secondary N) is 1. The van der Waals surface area contributed by atoms with Crippen molar-refractivity contribution >= 4 is 11.8 Å². The van der Waals surface area contributed by atoms with Gasteiger partial charge in [-0.05, 0) is 39.8 Å². The number of aromatic nitrogens is 2. The van der Waals surface area contributed by atoms with Crippen LogP contribution in [0.25, 0.3) is 0 Å². The predicted molar refractivity (Wildman–Crippen MR) is 79.6 cm³/mol. The van der Waals surface area contributed by atoms with E-state index in [1.807, 2.05) is 11.8 Å². The fraction of sp³-hybridized carbons (Fsp3) is 0.714. The highest BCUT2D eigenvalue weighted by Gasteiger charge is 2.23. The van der Waals surface area contributed by atoms with Gasteiger partial charge in [0.25, 0.3) is 0 Å². The third-order valence-corrected chi connectivity index (χ3v) is 3.60. The highest BCUT2D eigenvalue weighted by atomic mass is 19.1. The molecular weight excluding hydrogens is 257 g/mol. The lowest BCUT2D eigenvalue weighted by atomic mass is 9.96. The topological polar surface area (TPSA) is 44.3 Å². The Bertz CT molecular complexity index is 430. The largest absolute Gasteiger partial charge is 0.354 e. The van der Waals surface area contributed by atoms with E-state index in [1.54, 1.807) is 0 Å². The number of piperidine rings is 1. The first-order valence-corrected chi connectivity index (χ1v) is 7.26. The van der Waals surface area contributed by atoms with Gasteiger partial charge in [-0.25, -0.2) is 9.37 Å². The summed E-state index contributed by atoms with van der Waals surface area (Å²) in [5.74, 6) is 1.29. The molecule has 1 aliphatic heterocycles. The van der Waals surface area contributed by atoms with Gasteiger partial charge in [-0.15, -0.1) is 0 Å². The Hall–Kier alpha value is -1.43. The van der Waals surface area contributed by atoms with Gasteiger partial charge < -0.3 is 15.1 Å². The van der Waals surface area contributed by atoms with E-state index in [2.05, 4.69) is 34.3 Å². The van der Waals surface area contributed by atoms with Gasteiger partial charge in [0.1, 0.15) is 0 Å². The number of anilines is 2. The summed E-state index contributed by atoms with van der Waals surface area (Å²) in [5, 5.41) is 3.03. The van der Waals surface area contributed by atoms with Crippen molar-refractivity contribution in [2.75, 3.05) is 50.5 Å². The van der Waals surface area contributed by atoms with Gasteiger partial charge >= 0.3 is 0 Å². The van der Waals surface area contributed by atoms with Crippen molar-refractivity contribution in [2.24, 2.45) is 5.92 Å². The second-order valence-corrected chi connectivity index (χ2v) is 5.59. The number of hydrogen-bond acceptors (Lipinski definition) is 5. The van der Waals surface area contributed by atoms with Crippen LogP contribution in [-0.2, 0) is 0 Å². The van der Waals surface area contributed by atoms with Crippen LogP contribution < -0.4 is 10.2 Å². The van der Waals surface area contributed by atoms with E-state index in [0.29, 0.717) is 17.7 Å². The molecule has 0 amide bonds. The molecule has 1 saturated heterocycles. The van der Waals surface area contributed by atoms with E-state index in [-0.39, 0.29) is 5.82 Å². The standard InChI is InChI=1S/C14H24FN5/c1-4-16-14-17-9-12(15)13(18-14)20-7-5-11(6-8-20)10-19(2)3/h9,11H,4-8,10H2,1-3H3,(H,16,17,18). The molecule has 0 aliphatic carbocycles. The van der Waals surface area contributed by atoms with E-state index in [9.17, 15) is 4.39 Å². The summed E-state index contributed by atoms with van der Waals surface area (Å²) >= 11 is 0. The lowest BCUT2D eigenvalue weighted by Crippen LogP contribution is -2.38. The Balaban J connectivity index is 2.00. The summed E-state index contributed by atoms with van der Waals surface area (Å²) < 4.78 is 13.9. The van der Waals surface area contributed by atoms with Crippen molar-refractivity contribution in [3.8, 4) is 0 Å². The van der Waals surface area contributed by atoms with E-state index >= 15 is 0 Å². The summed E-state index contributed by atoms with van der Waals surface area (Å²) in [7, 11) is 4.19. The van der Waals surface area contributed by atoms with Gasteiger partial charge in [0.05, 0.1) is 6.20 Å². The summed E-state index contributed by atoms with van der Waals surface area (Å²) in [6.07, 6.45) is 3.42. The molecule has 0 radical (unpaired) electrons. The molecule has 0 spiro atoms. The molecule has 0 bridgehead atoms. The fourth-order valence-electron chi connectivity index (χ4n) is 2.67. The normalized spacial score (nSPS) is 16.8. The van der Waals surface area contributed by atoms with E-state index < -0.39 is 0 Å². The van der Waals surface area contributed by atoms with Gasteiger partial charge in [-0.3, -0.25) is 0 Å². The maximum absolute atomic E-state index is 13.9. The Labute approximate surface area is 120 Å². The maximum Gasteiger partial charge on any atom is 0.224 e. The number of halogens is 1. The van der Waals surface area contributed by atoms with Crippen LogP contribution in [0, 0.1) is 11.7 Å². The third-order valence-electron chi connectivity index (χ3n) is 3.60. The van der Waals surface area contributed by atoms with E-state index in [4.69, 9.17) is 0 Å². The molecule has 2 heterocycles. The zero-order valence-corrected chi connectivity index (χ0v) is 12.6. The highest BCUT2D eigenvalue weighted by molar-refractivity contribution is 5.44. The predicted octanol–water partition coefficient (Wildman–Crippen LogP) is 1.83. The molecule has 1 aromatic heterocycles. The Kier molecular flexibility index (Phi) is 5.11. The monoisotopic (exact) mass is 281 g/mol. The van der Waals surface area contributed by atoms with Gasteiger partial charge in [0.2, 0.25) is 5.95 Å². The lowest BCUT2D eigenvalue weighted by Gasteiger charge is -2.34. The zero-order chi connectivity index (χ0) is 14.5. The molecule has 1 aliphatic rings. The molecule has 1 aromatic rings. The second kappa shape index (κ2) is 6.83. The molecule has 20 heavy (non-hydrogen) atoms. The first kappa shape index (κ1) is 15.0. The number of nitrogens with zero attached hydrogens (tertiary/aromatic N) is 4. The molecule has 0 aromatic carbocycles. The molecule has 1 fully saturated rings. The summed E-state index contributed by atoms with van der Waals surface area (Å²) in [4.78, 5) is 12.5. The molecule has 112 valence electrons. The SMILES string of the molecule is CCNc1ncc(F)c(N2CCC(CN(C)C)CC2)n1. The molecular formula is C14H24FN5. The van der Waals surface area contributed by atoms with Crippen LogP contribution in [0.5, 0.6) is 0 Å². The van der Waals surface area contributed by atoms with Crippen molar-refractivity contribution in [1.82, 2.24) is 14.9 Å². The quantitative estimate of drug-likeness (QED) is 0.892. The first-order valence-electron chi connectivity index (χ1n) is 7.26. The molecule has 1 N–H and O–H groups in total. The van der Waals surface area contributed by atoms with Gasteiger partial charge in [0.15, 0.2) is 11.6 Å². The smallest absolute Gasteiger partial charge is 0.224 e. The van der Waals surface area contributed by atoms with Crippen LogP contribution in [0.3, 0.4) is 0 Å². The van der Waals surface area contributed by atoms with Gasteiger partial charge in [-0.2, -0.15) is 4.98 Å². The van der Waals surface area contributed by atoms with Gasteiger partial charge in [-0.1, -0.05) is 0 Å². The third kappa shape index (κ3) is 3.79. The minimum atomic E-state index is -0.335. The van der Waals surface area contributed by atoms with Crippen molar-refractivity contribution < 1.29 is 4.39 Å². The van der Waals surface area contributed by atoms with E-state index in [1.165, 1.54) is 6.20 Å². The van der Waals surface area contributed by atoms with Crippen LogP contribution in [0.2, 0.25) is 0 Å². The lowest BCUT2D eigenvalue weighted by molar-refractivity contribution is 0.284. The van der Waals surface area contributed by atoms with Crippen molar-refractivity contribution in [2.45, 2.75) is 19.8 Å². The molecule has 6 heteroatoms. The van der Waals surface area contributed by atoms with Crippen LogP contribution in [-0.4, -0.2) is 55.1 Å². The molecule has 5 nitrogen and oxygen atoms in total. The number of rotatable bonds is 5. The molecule has 2 rings (SSSR count). The number of hydrogen-bond donors (Lipinski definition) is 1. The fourth-order valence-corrected chi connectivity index (χ4v) is 2.67. The van der Waals surface area contributed by atoms with Crippen LogP contribution >= 0.6 is 0 Å².